The second-order valence-electron chi connectivity index (χ2n) is 5.75. The van der Waals surface area contributed by atoms with Crippen molar-refractivity contribution in [2.45, 2.75) is 23.8 Å². The van der Waals surface area contributed by atoms with E-state index in [1.54, 1.807) is 30.3 Å². The van der Waals surface area contributed by atoms with Crippen LogP contribution in [-0.2, 0) is 19.6 Å². The quantitative estimate of drug-likeness (QED) is 0.707. The zero-order valence-corrected chi connectivity index (χ0v) is 16.7. The third kappa shape index (κ3) is 4.56. The van der Waals surface area contributed by atoms with Gasteiger partial charge in [-0.1, -0.05) is 27.5 Å². The van der Waals surface area contributed by atoms with Crippen LogP contribution in [0.25, 0.3) is 0 Å². The number of carbonyl (C=O) groups is 1. The Labute approximate surface area is 165 Å². The summed E-state index contributed by atoms with van der Waals surface area (Å²) in [4.78, 5) is 12.0. The molecule has 2 aromatic carbocycles. The van der Waals surface area contributed by atoms with Crippen LogP contribution in [0.3, 0.4) is 0 Å². The number of benzene rings is 2. The number of ether oxygens (including phenoxy) is 1. The summed E-state index contributed by atoms with van der Waals surface area (Å²) >= 11 is 9.26. The van der Waals surface area contributed by atoms with Crippen LogP contribution in [0.5, 0.6) is 0 Å². The molecule has 3 rings (SSSR count). The van der Waals surface area contributed by atoms with Gasteiger partial charge in [-0.2, -0.15) is 0 Å². The fraction of sp³-hybridized carbons (Fsp3) is 0.235. The molecule has 1 aliphatic heterocycles. The van der Waals surface area contributed by atoms with E-state index in [2.05, 4.69) is 26.0 Å². The maximum Gasteiger partial charge on any atom is 0.263 e. The Bertz CT molecular complexity index is 913. The van der Waals surface area contributed by atoms with Crippen LogP contribution in [0, 0.1) is 0 Å². The number of hydrogen-bond acceptors (Lipinski definition) is 4. The minimum absolute atomic E-state index is 0.0156. The van der Waals surface area contributed by atoms with Crippen molar-refractivity contribution in [1.82, 2.24) is 0 Å². The molecule has 2 N–H and O–H groups in total. The summed E-state index contributed by atoms with van der Waals surface area (Å²) in [7, 11) is -3.82. The monoisotopic (exact) mass is 458 g/mol. The summed E-state index contributed by atoms with van der Waals surface area (Å²) in [6.07, 6.45) is 1.16. The van der Waals surface area contributed by atoms with Gasteiger partial charge in [-0.05, 0) is 55.3 Å². The number of sulfonamides is 1. The van der Waals surface area contributed by atoms with E-state index in [-0.39, 0.29) is 15.8 Å². The van der Waals surface area contributed by atoms with Gasteiger partial charge in [0, 0.05) is 22.5 Å². The average Bonchev–Trinajstić information content (AvgIpc) is 3.10. The third-order valence-corrected chi connectivity index (χ3v) is 6.17. The van der Waals surface area contributed by atoms with E-state index in [1.165, 1.54) is 12.1 Å². The van der Waals surface area contributed by atoms with Crippen LogP contribution in [0.2, 0.25) is 5.02 Å². The molecule has 1 amide bonds. The molecule has 26 heavy (non-hydrogen) atoms. The second kappa shape index (κ2) is 7.96. The van der Waals surface area contributed by atoms with Gasteiger partial charge in [0.25, 0.3) is 15.9 Å². The lowest BCUT2D eigenvalue weighted by atomic mass is 10.2. The van der Waals surface area contributed by atoms with E-state index in [4.69, 9.17) is 16.3 Å². The Morgan fingerprint density at radius 2 is 1.85 bits per heavy atom. The normalized spacial score (nSPS) is 17.1. The maximum absolute atomic E-state index is 12.5. The lowest BCUT2D eigenvalue weighted by molar-refractivity contribution is -0.124. The fourth-order valence-electron chi connectivity index (χ4n) is 2.53. The molecule has 138 valence electrons. The van der Waals surface area contributed by atoms with Crippen molar-refractivity contribution < 1.29 is 17.9 Å². The van der Waals surface area contributed by atoms with Crippen molar-refractivity contribution >= 4 is 54.8 Å². The molecular formula is C17H16BrClN2O4S. The second-order valence-corrected chi connectivity index (χ2v) is 8.72. The molecule has 1 unspecified atom stereocenters. The lowest BCUT2D eigenvalue weighted by Crippen LogP contribution is -2.26. The minimum Gasteiger partial charge on any atom is -0.368 e. The first-order valence-electron chi connectivity index (χ1n) is 7.85. The molecule has 1 aliphatic rings. The number of rotatable bonds is 5. The van der Waals surface area contributed by atoms with E-state index < -0.39 is 16.1 Å². The highest BCUT2D eigenvalue weighted by molar-refractivity contribution is 9.10. The van der Waals surface area contributed by atoms with Crippen molar-refractivity contribution in [2.75, 3.05) is 16.6 Å². The van der Waals surface area contributed by atoms with Gasteiger partial charge in [0.2, 0.25) is 0 Å². The Morgan fingerprint density at radius 1 is 1.15 bits per heavy atom. The molecular weight excluding hydrogens is 444 g/mol. The van der Waals surface area contributed by atoms with Crippen molar-refractivity contribution in [3.8, 4) is 0 Å². The van der Waals surface area contributed by atoms with Crippen molar-refractivity contribution in [2.24, 2.45) is 0 Å². The Balaban J connectivity index is 1.69. The van der Waals surface area contributed by atoms with Gasteiger partial charge in [0.15, 0.2) is 0 Å². The molecule has 6 nitrogen and oxygen atoms in total. The first-order valence-corrected chi connectivity index (χ1v) is 10.5. The minimum atomic E-state index is -3.82. The molecule has 1 atom stereocenters. The van der Waals surface area contributed by atoms with Gasteiger partial charge in [0.1, 0.15) is 11.0 Å². The molecule has 0 bridgehead atoms. The SMILES string of the molecule is O=C(Nc1ccc(NS(=O)(=O)c2ccc(Br)cc2Cl)cc1)C1CCCO1. The van der Waals surface area contributed by atoms with Gasteiger partial charge in [-0.15, -0.1) is 0 Å². The number of halogens is 2. The first-order chi connectivity index (χ1) is 12.3. The number of hydrogen-bond donors (Lipinski definition) is 2. The molecule has 0 saturated carbocycles. The lowest BCUT2D eigenvalue weighted by Gasteiger charge is -2.12. The summed E-state index contributed by atoms with van der Waals surface area (Å²) in [6.45, 7) is 0.595. The van der Waals surface area contributed by atoms with Crippen LogP contribution in [0.4, 0.5) is 11.4 Å². The number of amides is 1. The molecule has 9 heteroatoms. The van der Waals surface area contributed by atoms with E-state index in [0.29, 0.717) is 28.9 Å². The van der Waals surface area contributed by atoms with Crippen LogP contribution in [0.1, 0.15) is 12.8 Å². The number of nitrogens with one attached hydrogen (secondary N) is 2. The zero-order chi connectivity index (χ0) is 18.7. The Hall–Kier alpha value is -1.61. The topological polar surface area (TPSA) is 84.5 Å². The van der Waals surface area contributed by atoms with Crippen LogP contribution in [-0.4, -0.2) is 27.0 Å². The maximum atomic E-state index is 12.5. The highest BCUT2D eigenvalue weighted by atomic mass is 79.9. The molecule has 1 saturated heterocycles. The van der Waals surface area contributed by atoms with E-state index in [0.717, 1.165) is 6.42 Å². The van der Waals surface area contributed by atoms with Gasteiger partial charge in [-0.25, -0.2) is 8.42 Å². The highest BCUT2D eigenvalue weighted by Gasteiger charge is 2.23. The van der Waals surface area contributed by atoms with Gasteiger partial charge < -0.3 is 10.1 Å². The van der Waals surface area contributed by atoms with E-state index >= 15 is 0 Å². The first kappa shape index (κ1) is 19.2. The Morgan fingerprint density at radius 3 is 2.46 bits per heavy atom. The number of carbonyl (C=O) groups excluding carboxylic acids is 1. The largest absolute Gasteiger partial charge is 0.368 e. The van der Waals surface area contributed by atoms with Gasteiger partial charge >= 0.3 is 0 Å². The molecule has 1 fully saturated rings. The summed E-state index contributed by atoms with van der Waals surface area (Å²) < 4.78 is 33.4. The van der Waals surface area contributed by atoms with E-state index in [1.807, 2.05) is 0 Å². The smallest absolute Gasteiger partial charge is 0.263 e. The predicted octanol–water partition coefficient (Wildman–Crippen LogP) is 4.02. The molecule has 0 radical (unpaired) electrons. The van der Waals surface area contributed by atoms with E-state index in [9.17, 15) is 13.2 Å². The van der Waals surface area contributed by atoms with Crippen LogP contribution < -0.4 is 10.0 Å². The summed E-state index contributed by atoms with van der Waals surface area (Å²) in [5.41, 5.74) is 0.925. The molecule has 1 heterocycles. The summed E-state index contributed by atoms with van der Waals surface area (Å²) in [5.74, 6) is -0.197. The molecule has 0 spiro atoms. The zero-order valence-electron chi connectivity index (χ0n) is 13.5. The van der Waals surface area contributed by atoms with Crippen molar-refractivity contribution in [1.29, 1.82) is 0 Å². The average molecular weight is 460 g/mol. The van der Waals surface area contributed by atoms with Crippen molar-refractivity contribution in [3.63, 3.8) is 0 Å². The van der Waals surface area contributed by atoms with Gasteiger partial charge in [-0.3, -0.25) is 9.52 Å². The van der Waals surface area contributed by atoms with Crippen LogP contribution in [0.15, 0.2) is 51.8 Å². The van der Waals surface area contributed by atoms with Crippen molar-refractivity contribution in [3.05, 3.63) is 52.0 Å². The predicted molar refractivity (Wildman–Crippen MR) is 104 cm³/mol. The summed E-state index contributed by atoms with van der Waals surface area (Å²) in [6, 6.07) is 10.9. The molecule has 0 aromatic heterocycles. The standard InChI is InChI=1S/C17H16BrClN2O4S/c18-11-3-8-16(14(19)10-11)26(23,24)21-13-6-4-12(5-7-13)20-17(22)15-2-1-9-25-15/h3-8,10,15,21H,1-2,9H2,(H,20,22). The molecule has 0 aliphatic carbocycles. The number of anilines is 2. The summed E-state index contributed by atoms with van der Waals surface area (Å²) in [5, 5.41) is 2.87. The Kier molecular flexibility index (Phi) is 5.86. The van der Waals surface area contributed by atoms with Gasteiger partial charge in [0.05, 0.1) is 5.02 Å². The fourth-order valence-corrected chi connectivity index (χ4v) is 4.63. The highest BCUT2D eigenvalue weighted by Crippen LogP contribution is 2.27. The van der Waals surface area contributed by atoms with Crippen LogP contribution >= 0.6 is 27.5 Å². The molecule has 2 aromatic rings. The third-order valence-electron chi connectivity index (χ3n) is 3.81.